The number of nitrogen functional groups attached to an aromatic ring is 1. The molecule has 0 aliphatic rings. The highest BCUT2D eigenvalue weighted by molar-refractivity contribution is 5.81. The topological polar surface area (TPSA) is 57.4 Å². The van der Waals surface area contributed by atoms with Gasteiger partial charge in [0.15, 0.2) is 11.5 Å². The normalized spacial score (nSPS) is 10.7. The highest BCUT2D eigenvalue weighted by atomic mass is 19.1. The molecule has 2 N–H and O–H groups in total. The van der Waals surface area contributed by atoms with Gasteiger partial charge in [0.1, 0.15) is 12.4 Å². The molecule has 5 heteroatoms. The second kappa shape index (κ2) is 6.12. The third-order valence-corrected chi connectivity index (χ3v) is 3.61. The first-order valence-electron chi connectivity index (χ1n) is 7.19. The second-order valence-corrected chi connectivity index (χ2v) is 5.25. The van der Waals surface area contributed by atoms with E-state index in [0.717, 1.165) is 22.2 Å². The van der Waals surface area contributed by atoms with Crippen molar-refractivity contribution in [3.8, 4) is 11.5 Å². The number of hydrogen-bond donors (Lipinski definition) is 1. The molecule has 0 spiro atoms. The third-order valence-electron chi connectivity index (χ3n) is 3.61. The molecule has 0 unspecified atom stereocenters. The first-order chi connectivity index (χ1) is 11.1. The fraction of sp³-hybridized carbons (Fsp3) is 0.167. The summed E-state index contributed by atoms with van der Waals surface area (Å²) in [5.41, 5.74) is 8.39. The largest absolute Gasteiger partial charge is 0.493 e. The Bertz CT molecular complexity index is 865. The summed E-state index contributed by atoms with van der Waals surface area (Å²) in [6.07, 6.45) is 0. The van der Waals surface area contributed by atoms with E-state index in [1.165, 1.54) is 19.2 Å². The Hall–Kier alpha value is -2.82. The Labute approximate surface area is 133 Å². The van der Waals surface area contributed by atoms with Crippen molar-refractivity contribution in [3.63, 3.8) is 0 Å². The number of fused-ring (bicyclic) bond motifs is 1. The molecule has 118 valence electrons. The Morgan fingerprint density at radius 3 is 2.74 bits per heavy atom. The zero-order valence-electron chi connectivity index (χ0n) is 13.0. The standard InChI is InChI=1S/C18H17FN2O2/c1-11-6-7-12-4-3-5-13(18(12)21-11)10-23-17-9-15(20)14(19)8-16(17)22-2/h3-9H,10,20H2,1-2H3. The number of hydrogen-bond acceptors (Lipinski definition) is 4. The fourth-order valence-corrected chi connectivity index (χ4v) is 2.40. The van der Waals surface area contributed by atoms with Gasteiger partial charge in [-0.1, -0.05) is 24.3 Å². The van der Waals surface area contributed by atoms with E-state index in [1.807, 2.05) is 37.3 Å². The highest BCUT2D eigenvalue weighted by Gasteiger charge is 2.11. The lowest BCUT2D eigenvalue weighted by Gasteiger charge is -2.13. The number of aromatic nitrogens is 1. The molecule has 0 bridgehead atoms. The average molecular weight is 312 g/mol. The lowest BCUT2D eigenvalue weighted by molar-refractivity contribution is 0.284. The summed E-state index contributed by atoms with van der Waals surface area (Å²) in [5.74, 6) is 0.175. The van der Waals surface area contributed by atoms with Gasteiger partial charge in [0.25, 0.3) is 0 Å². The smallest absolute Gasteiger partial charge is 0.163 e. The highest BCUT2D eigenvalue weighted by Crippen LogP contribution is 2.32. The zero-order chi connectivity index (χ0) is 16.4. The summed E-state index contributed by atoms with van der Waals surface area (Å²) in [5, 5.41) is 1.04. The van der Waals surface area contributed by atoms with Gasteiger partial charge in [-0.15, -0.1) is 0 Å². The van der Waals surface area contributed by atoms with Gasteiger partial charge in [0.2, 0.25) is 0 Å². The van der Waals surface area contributed by atoms with Crippen LogP contribution in [0.1, 0.15) is 11.3 Å². The number of rotatable bonds is 4. The number of aryl methyl sites for hydroxylation is 1. The quantitative estimate of drug-likeness (QED) is 0.743. The van der Waals surface area contributed by atoms with Crippen molar-refractivity contribution in [1.29, 1.82) is 0 Å². The van der Waals surface area contributed by atoms with E-state index in [2.05, 4.69) is 4.98 Å². The molecule has 23 heavy (non-hydrogen) atoms. The molecule has 0 fully saturated rings. The second-order valence-electron chi connectivity index (χ2n) is 5.25. The van der Waals surface area contributed by atoms with Gasteiger partial charge >= 0.3 is 0 Å². The van der Waals surface area contributed by atoms with Crippen molar-refractivity contribution in [2.24, 2.45) is 0 Å². The minimum Gasteiger partial charge on any atom is -0.493 e. The van der Waals surface area contributed by atoms with Crippen molar-refractivity contribution in [3.05, 3.63) is 59.5 Å². The van der Waals surface area contributed by atoms with Crippen molar-refractivity contribution in [1.82, 2.24) is 4.98 Å². The maximum absolute atomic E-state index is 13.5. The van der Waals surface area contributed by atoms with Crippen LogP contribution in [0.2, 0.25) is 0 Å². The number of anilines is 1. The molecule has 3 rings (SSSR count). The van der Waals surface area contributed by atoms with E-state index in [9.17, 15) is 4.39 Å². The average Bonchev–Trinajstić information content (AvgIpc) is 2.55. The summed E-state index contributed by atoms with van der Waals surface area (Å²) in [6.45, 7) is 2.23. The Kier molecular flexibility index (Phi) is 4.02. The van der Waals surface area contributed by atoms with Crippen LogP contribution in [0.25, 0.3) is 10.9 Å². The molecule has 0 atom stereocenters. The summed E-state index contributed by atoms with van der Waals surface area (Å²) >= 11 is 0. The van der Waals surface area contributed by atoms with Gasteiger partial charge < -0.3 is 15.2 Å². The molecule has 0 aliphatic carbocycles. The third kappa shape index (κ3) is 3.04. The lowest BCUT2D eigenvalue weighted by Crippen LogP contribution is -2.01. The molecule has 0 saturated heterocycles. The van der Waals surface area contributed by atoms with Gasteiger partial charge in [-0.2, -0.15) is 0 Å². The van der Waals surface area contributed by atoms with Crippen molar-refractivity contribution >= 4 is 16.6 Å². The summed E-state index contributed by atoms with van der Waals surface area (Å²) in [4.78, 5) is 4.57. The molecular formula is C18H17FN2O2. The van der Waals surface area contributed by atoms with Crippen molar-refractivity contribution in [2.45, 2.75) is 13.5 Å². The molecule has 3 aromatic rings. The predicted octanol–water partition coefficient (Wildman–Crippen LogP) is 3.85. The molecule has 1 heterocycles. The molecular weight excluding hydrogens is 295 g/mol. The van der Waals surface area contributed by atoms with Crippen molar-refractivity contribution < 1.29 is 13.9 Å². The first-order valence-corrected chi connectivity index (χ1v) is 7.19. The van der Waals surface area contributed by atoms with Crippen LogP contribution < -0.4 is 15.2 Å². The molecule has 1 aromatic heterocycles. The molecule has 0 amide bonds. The van der Waals surface area contributed by atoms with Crippen molar-refractivity contribution in [2.75, 3.05) is 12.8 Å². The molecule has 0 radical (unpaired) electrons. The monoisotopic (exact) mass is 312 g/mol. The Morgan fingerprint density at radius 1 is 1.13 bits per heavy atom. The van der Waals surface area contributed by atoms with Gasteiger partial charge in [-0.3, -0.25) is 4.98 Å². The summed E-state index contributed by atoms with van der Waals surface area (Å²) in [7, 11) is 1.46. The number of pyridine rings is 1. The van der Waals surface area contributed by atoms with E-state index in [4.69, 9.17) is 15.2 Å². The minimum atomic E-state index is -0.531. The Balaban J connectivity index is 1.92. The summed E-state index contributed by atoms with van der Waals surface area (Å²) in [6, 6.07) is 12.5. The van der Waals surface area contributed by atoms with Crippen LogP contribution in [0.3, 0.4) is 0 Å². The number of para-hydroxylation sites is 1. The first kappa shape index (κ1) is 15.1. The van der Waals surface area contributed by atoms with Gasteiger partial charge in [-0.25, -0.2) is 4.39 Å². The van der Waals surface area contributed by atoms with E-state index < -0.39 is 5.82 Å². The van der Waals surface area contributed by atoms with Gasteiger partial charge in [0.05, 0.1) is 18.3 Å². The molecule has 0 aliphatic heterocycles. The maximum atomic E-state index is 13.5. The van der Waals surface area contributed by atoms with Crippen LogP contribution in [0, 0.1) is 12.7 Å². The minimum absolute atomic E-state index is 0.0210. The van der Waals surface area contributed by atoms with Gasteiger partial charge in [0, 0.05) is 28.8 Å². The van der Waals surface area contributed by atoms with Crippen LogP contribution >= 0.6 is 0 Å². The number of benzene rings is 2. The number of ether oxygens (including phenoxy) is 2. The Morgan fingerprint density at radius 2 is 1.96 bits per heavy atom. The molecule has 4 nitrogen and oxygen atoms in total. The van der Waals surface area contributed by atoms with Crippen LogP contribution in [0.15, 0.2) is 42.5 Å². The number of halogens is 1. The van der Waals surface area contributed by atoms with E-state index in [-0.39, 0.29) is 12.3 Å². The maximum Gasteiger partial charge on any atom is 0.163 e. The van der Waals surface area contributed by atoms with E-state index >= 15 is 0 Å². The van der Waals surface area contributed by atoms with E-state index in [1.54, 1.807) is 0 Å². The van der Waals surface area contributed by atoms with Crippen LogP contribution in [0.5, 0.6) is 11.5 Å². The van der Waals surface area contributed by atoms with Crippen LogP contribution in [-0.4, -0.2) is 12.1 Å². The van der Waals surface area contributed by atoms with Gasteiger partial charge in [-0.05, 0) is 13.0 Å². The SMILES string of the molecule is COc1cc(F)c(N)cc1OCc1cccc2ccc(C)nc12. The zero-order valence-corrected chi connectivity index (χ0v) is 13.0. The predicted molar refractivity (Wildman–Crippen MR) is 88.2 cm³/mol. The van der Waals surface area contributed by atoms with E-state index in [0.29, 0.717) is 11.5 Å². The number of methoxy groups -OCH3 is 1. The number of nitrogens with two attached hydrogens (primary N) is 1. The lowest BCUT2D eigenvalue weighted by atomic mass is 10.1. The summed E-state index contributed by atoms with van der Waals surface area (Å²) < 4.78 is 24.4. The fourth-order valence-electron chi connectivity index (χ4n) is 2.40. The molecule has 2 aromatic carbocycles. The molecule has 0 saturated carbocycles. The number of nitrogens with zero attached hydrogens (tertiary/aromatic N) is 1. The van der Waals surface area contributed by atoms with Crippen LogP contribution in [-0.2, 0) is 6.61 Å². The van der Waals surface area contributed by atoms with Crippen LogP contribution in [0.4, 0.5) is 10.1 Å².